The van der Waals surface area contributed by atoms with Gasteiger partial charge in [0.15, 0.2) is 5.75 Å². The first-order valence-electron chi connectivity index (χ1n) is 5.64. The van der Waals surface area contributed by atoms with Crippen molar-refractivity contribution in [3.63, 3.8) is 0 Å². The van der Waals surface area contributed by atoms with Crippen LogP contribution in [-0.2, 0) is 4.79 Å². The lowest BCUT2D eigenvalue weighted by atomic mass is 10.3. The Morgan fingerprint density at radius 2 is 2.05 bits per heavy atom. The maximum absolute atomic E-state index is 12.2. The van der Waals surface area contributed by atoms with E-state index in [1.165, 1.54) is 18.2 Å². The maximum atomic E-state index is 12.2. The summed E-state index contributed by atoms with van der Waals surface area (Å²) in [4.78, 5) is 11.3. The molecule has 0 fully saturated rings. The summed E-state index contributed by atoms with van der Waals surface area (Å²) in [7, 11) is 0. The number of anilines is 1. The average Bonchev–Trinajstić information content (AvgIpc) is 2.36. The van der Waals surface area contributed by atoms with Crippen molar-refractivity contribution >= 4 is 11.6 Å². The zero-order chi connectivity index (χ0) is 15.0. The molecule has 1 amide bonds. The third-order valence-electron chi connectivity index (χ3n) is 2.11. The molecule has 5 nitrogen and oxygen atoms in total. The van der Waals surface area contributed by atoms with E-state index in [0.717, 1.165) is 6.07 Å². The number of alkyl halides is 3. The minimum Gasteiger partial charge on any atom is -0.404 e. The summed E-state index contributed by atoms with van der Waals surface area (Å²) in [6.45, 7) is -0.0264. The van der Waals surface area contributed by atoms with Gasteiger partial charge in [-0.2, -0.15) is 5.26 Å². The van der Waals surface area contributed by atoms with Crippen LogP contribution in [0.5, 0.6) is 5.75 Å². The molecule has 108 valence electrons. The Bertz CT molecular complexity index is 497. The second-order valence-electron chi connectivity index (χ2n) is 3.66. The lowest BCUT2D eigenvalue weighted by Crippen LogP contribution is -2.30. The molecule has 0 aromatic heterocycles. The molecule has 8 heteroatoms. The van der Waals surface area contributed by atoms with E-state index in [-0.39, 0.29) is 25.2 Å². The van der Waals surface area contributed by atoms with Crippen LogP contribution in [-0.4, -0.2) is 25.4 Å². The number of nitrogens with one attached hydrogen (secondary N) is 2. The Labute approximate surface area is 113 Å². The highest BCUT2D eigenvalue weighted by atomic mass is 19.4. The summed E-state index contributed by atoms with van der Waals surface area (Å²) in [5.74, 6) is -0.841. The molecule has 0 radical (unpaired) electrons. The van der Waals surface area contributed by atoms with Gasteiger partial charge in [0.2, 0.25) is 5.91 Å². The van der Waals surface area contributed by atoms with Gasteiger partial charge >= 0.3 is 6.36 Å². The van der Waals surface area contributed by atoms with Crippen LogP contribution in [0.1, 0.15) is 6.42 Å². The Morgan fingerprint density at radius 1 is 1.35 bits per heavy atom. The van der Waals surface area contributed by atoms with E-state index in [9.17, 15) is 18.0 Å². The summed E-state index contributed by atoms with van der Waals surface area (Å²) in [5, 5.41) is 13.3. The minimum atomic E-state index is -4.80. The van der Waals surface area contributed by atoms with Gasteiger partial charge < -0.3 is 15.4 Å². The van der Waals surface area contributed by atoms with Crippen molar-refractivity contribution in [3.8, 4) is 11.8 Å². The molecule has 0 heterocycles. The van der Waals surface area contributed by atoms with E-state index in [4.69, 9.17) is 5.26 Å². The molecule has 0 saturated heterocycles. The largest absolute Gasteiger partial charge is 0.573 e. The number of para-hydroxylation sites is 2. The molecule has 1 aromatic carbocycles. The van der Waals surface area contributed by atoms with E-state index in [1.54, 1.807) is 0 Å². The molecule has 0 bridgehead atoms. The van der Waals surface area contributed by atoms with Crippen LogP contribution in [0.15, 0.2) is 24.3 Å². The van der Waals surface area contributed by atoms with Gasteiger partial charge in [0.05, 0.1) is 24.7 Å². The summed E-state index contributed by atoms with van der Waals surface area (Å²) < 4.78 is 40.3. The number of amides is 1. The molecule has 0 aliphatic heterocycles. The predicted octanol–water partition coefficient (Wildman–Crippen LogP) is 2.03. The normalized spacial score (nSPS) is 10.5. The highest BCUT2D eigenvalue weighted by Crippen LogP contribution is 2.29. The Morgan fingerprint density at radius 3 is 2.70 bits per heavy atom. The van der Waals surface area contributed by atoms with Crippen LogP contribution in [0.3, 0.4) is 0 Å². The van der Waals surface area contributed by atoms with E-state index >= 15 is 0 Å². The van der Waals surface area contributed by atoms with E-state index in [1.807, 2.05) is 6.07 Å². The van der Waals surface area contributed by atoms with Crippen molar-refractivity contribution in [2.75, 3.05) is 18.4 Å². The van der Waals surface area contributed by atoms with Crippen molar-refractivity contribution in [2.24, 2.45) is 0 Å². The molecule has 0 unspecified atom stereocenters. The summed E-state index contributed by atoms with van der Waals surface area (Å²) in [6.07, 6.45) is -4.63. The Hall–Kier alpha value is -2.43. The van der Waals surface area contributed by atoms with Crippen LogP contribution in [0.2, 0.25) is 0 Å². The van der Waals surface area contributed by atoms with Gasteiger partial charge in [-0.25, -0.2) is 0 Å². The van der Waals surface area contributed by atoms with Crippen LogP contribution >= 0.6 is 0 Å². The van der Waals surface area contributed by atoms with Crippen molar-refractivity contribution < 1.29 is 22.7 Å². The second kappa shape index (κ2) is 7.23. The quantitative estimate of drug-likeness (QED) is 0.785. The third-order valence-corrected chi connectivity index (χ3v) is 2.11. The summed E-state index contributed by atoms with van der Waals surface area (Å²) in [6, 6.07) is 7.26. The third kappa shape index (κ3) is 5.95. The number of hydrogen-bond donors (Lipinski definition) is 2. The molecular formula is C12H12F3N3O2. The van der Waals surface area contributed by atoms with E-state index < -0.39 is 18.0 Å². The number of carbonyl (C=O) groups excluding carboxylic acids is 1. The highest BCUT2D eigenvalue weighted by Gasteiger charge is 2.32. The van der Waals surface area contributed by atoms with Crippen molar-refractivity contribution in [1.82, 2.24) is 5.32 Å². The smallest absolute Gasteiger partial charge is 0.404 e. The molecular weight excluding hydrogens is 275 g/mol. The fourth-order valence-electron chi connectivity index (χ4n) is 1.32. The number of carbonyl (C=O) groups is 1. The average molecular weight is 287 g/mol. The number of halogens is 3. The van der Waals surface area contributed by atoms with Crippen molar-refractivity contribution in [3.05, 3.63) is 24.3 Å². The fourth-order valence-corrected chi connectivity index (χ4v) is 1.32. The van der Waals surface area contributed by atoms with Crippen LogP contribution in [0.25, 0.3) is 0 Å². The van der Waals surface area contributed by atoms with Crippen LogP contribution in [0, 0.1) is 11.3 Å². The predicted molar refractivity (Wildman–Crippen MR) is 64.9 cm³/mol. The van der Waals surface area contributed by atoms with Gasteiger partial charge in [-0.05, 0) is 12.1 Å². The van der Waals surface area contributed by atoms with Crippen LogP contribution < -0.4 is 15.4 Å². The number of ether oxygens (including phenoxy) is 1. The van der Waals surface area contributed by atoms with Crippen molar-refractivity contribution in [1.29, 1.82) is 5.26 Å². The first kappa shape index (κ1) is 15.6. The molecule has 1 rings (SSSR count). The SMILES string of the molecule is N#CCCNC(=O)CNc1ccccc1OC(F)(F)F. The summed E-state index contributed by atoms with van der Waals surface area (Å²) in [5.41, 5.74) is 0.0558. The Kier molecular flexibility index (Phi) is 5.65. The van der Waals surface area contributed by atoms with E-state index in [2.05, 4.69) is 15.4 Å². The Balaban J connectivity index is 2.55. The monoisotopic (exact) mass is 287 g/mol. The van der Waals surface area contributed by atoms with Gasteiger partial charge in [0.1, 0.15) is 0 Å². The number of nitriles is 1. The van der Waals surface area contributed by atoms with Crippen molar-refractivity contribution in [2.45, 2.75) is 12.8 Å². The minimum absolute atomic E-state index is 0.0558. The first-order chi connectivity index (χ1) is 9.42. The second-order valence-corrected chi connectivity index (χ2v) is 3.66. The van der Waals surface area contributed by atoms with Gasteiger partial charge in [-0.15, -0.1) is 13.2 Å². The summed E-state index contributed by atoms with van der Waals surface area (Å²) >= 11 is 0. The fraction of sp³-hybridized carbons (Fsp3) is 0.333. The molecule has 0 aliphatic rings. The topological polar surface area (TPSA) is 74.2 Å². The van der Waals surface area contributed by atoms with E-state index in [0.29, 0.717) is 0 Å². The standard InChI is InChI=1S/C12H12F3N3O2/c13-12(14,15)20-10-5-2-1-4-9(10)18-8-11(19)17-7-3-6-16/h1-2,4-5,18H,3,7-8H2,(H,17,19). The van der Waals surface area contributed by atoms with Gasteiger partial charge in [0.25, 0.3) is 0 Å². The molecule has 0 saturated carbocycles. The maximum Gasteiger partial charge on any atom is 0.573 e. The molecule has 0 aliphatic carbocycles. The zero-order valence-electron chi connectivity index (χ0n) is 10.3. The molecule has 0 atom stereocenters. The number of nitrogens with zero attached hydrogens (tertiary/aromatic N) is 1. The number of hydrogen-bond acceptors (Lipinski definition) is 4. The van der Waals surface area contributed by atoms with Gasteiger partial charge in [0, 0.05) is 6.54 Å². The molecule has 0 spiro atoms. The molecule has 1 aromatic rings. The lowest BCUT2D eigenvalue weighted by Gasteiger charge is -2.14. The molecule has 2 N–H and O–H groups in total. The number of rotatable bonds is 6. The van der Waals surface area contributed by atoms with Crippen LogP contribution in [0.4, 0.5) is 18.9 Å². The van der Waals surface area contributed by atoms with Gasteiger partial charge in [-0.3, -0.25) is 4.79 Å². The first-order valence-corrected chi connectivity index (χ1v) is 5.64. The van der Waals surface area contributed by atoms with Gasteiger partial charge in [-0.1, -0.05) is 12.1 Å². The lowest BCUT2D eigenvalue weighted by molar-refractivity contribution is -0.274. The zero-order valence-corrected chi connectivity index (χ0v) is 10.3. The number of benzene rings is 1. The highest BCUT2D eigenvalue weighted by molar-refractivity contribution is 5.81. The molecule has 20 heavy (non-hydrogen) atoms.